The Balaban J connectivity index is 1.38. The first-order valence-electron chi connectivity index (χ1n) is 15.0. The molecule has 44 heavy (non-hydrogen) atoms. The molecule has 12 heteroatoms. The van der Waals surface area contributed by atoms with Gasteiger partial charge >= 0.3 is 5.97 Å². The molecule has 1 aliphatic rings. The number of hydrogen-bond donors (Lipinski definition) is 0. The maximum Gasteiger partial charge on any atom is 0.333 e. The summed E-state index contributed by atoms with van der Waals surface area (Å²) in [6.45, 7) is 6.91. The SMILES string of the molecule is COCCOCCOCC(=O)OCN(C)c1cc(OCCCCN2CCN(c3cccc(Cl)c3Cl)CC2)ccc1CCC=O. The van der Waals surface area contributed by atoms with Gasteiger partial charge in [0.1, 0.15) is 18.6 Å². The Hall–Kier alpha value is -2.60. The minimum absolute atomic E-state index is 0.0425. The highest BCUT2D eigenvalue weighted by Gasteiger charge is 2.19. The van der Waals surface area contributed by atoms with Crippen LogP contribution in [0.25, 0.3) is 0 Å². The van der Waals surface area contributed by atoms with Crippen molar-refractivity contribution in [2.75, 3.05) is 103 Å². The number of piperazine rings is 1. The molecular weight excluding hydrogens is 609 g/mol. The number of methoxy groups -OCH3 is 1. The summed E-state index contributed by atoms with van der Waals surface area (Å²) < 4.78 is 27.0. The lowest BCUT2D eigenvalue weighted by Gasteiger charge is -2.36. The van der Waals surface area contributed by atoms with E-state index < -0.39 is 5.97 Å². The number of aryl methyl sites for hydroxylation is 1. The zero-order valence-corrected chi connectivity index (χ0v) is 27.3. The van der Waals surface area contributed by atoms with Crippen molar-refractivity contribution in [3.05, 3.63) is 52.0 Å². The molecule has 0 amide bonds. The highest BCUT2D eigenvalue weighted by Crippen LogP contribution is 2.33. The number of ether oxygens (including phenoxy) is 5. The monoisotopic (exact) mass is 653 g/mol. The first-order chi connectivity index (χ1) is 21.4. The summed E-state index contributed by atoms with van der Waals surface area (Å²) in [4.78, 5) is 29.7. The second kappa shape index (κ2) is 20.4. The smallest absolute Gasteiger partial charge is 0.333 e. The van der Waals surface area contributed by atoms with Crippen LogP contribution in [0.15, 0.2) is 36.4 Å². The summed E-state index contributed by atoms with van der Waals surface area (Å²) in [5.41, 5.74) is 2.82. The molecule has 10 nitrogen and oxygen atoms in total. The molecule has 3 rings (SSSR count). The summed E-state index contributed by atoms with van der Waals surface area (Å²) in [7, 11) is 3.44. The molecular formula is C32H45Cl2N3O7. The average molecular weight is 655 g/mol. The molecule has 0 spiro atoms. The van der Waals surface area contributed by atoms with Gasteiger partial charge in [-0.2, -0.15) is 0 Å². The van der Waals surface area contributed by atoms with Crippen LogP contribution in [0.4, 0.5) is 11.4 Å². The van der Waals surface area contributed by atoms with Crippen molar-refractivity contribution in [3.63, 3.8) is 0 Å². The second-order valence-corrected chi connectivity index (χ2v) is 11.2. The molecule has 0 N–H and O–H groups in total. The van der Waals surface area contributed by atoms with Gasteiger partial charge in [-0.1, -0.05) is 35.3 Å². The van der Waals surface area contributed by atoms with E-state index in [0.717, 1.165) is 74.5 Å². The molecule has 2 aromatic rings. The van der Waals surface area contributed by atoms with Crippen LogP contribution in [-0.4, -0.2) is 110 Å². The molecule has 2 aromatic carbocycles. The summed E-state index contributed by atoms with van der Waals surface area (Å²) in [5, 5.41) is 1.20. The third kappa shape index (κ3) is 12.4. The number of anilines is 2. The molecule has 0 aromatic heterocycles. The Morgan fingerprint density at radius 2 is 1.75 bits per heavy atom. The second-order valence-electron chi connectivity index (χ2n) is 10.5. The molecule has 0 saturated carbocycles. The fourth-order valence-electron chi connectivity index (χ4n) is 4.79. The first-order valence-corrected chi connectivity index (χ1v) is 15.8. The number of esters is 1. The van der Waals surface area contributed by atoms with E-state index in [1.54, 1.807) is 7.11 Å². The summed E-state index contributed by atoms with van der Waals surface area (Å²) >= 11 is 12.6. The van der Waals surface area contributed by atoms with E-state index in [9.17, 15) is 9.59 Å². The van der Waals surface area contributed by atoms with E-state index in [1.807, 2.05) is 48.3 Å². The number of rotatable bonds is 21. The standard InChI is InChI=1S/C32H45Cl2N3O7/c1-35(25-44-31(39)24-42-22-21-41-20-19-40-2)30-23-27(11-10-26(30)7-6-17-38)43-18-4-3-12-36-13-15-37(16-14-36)29-9-5-8-28(33)32(29)34/h5,8-11,17,23H,3-4,6-7,12-16,18-22,24-25H2,1-2H3. The molecule has 0 radical (unpaired) electrons. The highest BCUT2D eigenvalue weighted by molar-refractivity contribution is 6.43. The third-order valence-electron chi connectivity index (χ3n) is 7.22. The van der Waals surface area contributed by atoms with Crippen molar-refractivity contribution in [1.29, 1.82) is 0 Å². The van der Waals surface area contributed by atoms with Crippen LogP contribution in [0.3, 0.4) is 0 Å². The summed E-state index contributed by atoms with van der Waals surface area (Å²) in [5.74, 6) is 0.266. The number of hydrogen-bond acceptors (Lipinski definition) is 10. The van der Waals surface area contributed by atoms with E-state index in [4.69, 9.17) is 46.9 Å². The zero-order chi connectivity index (χ0) is 31.6. The number of unbranched alkanes of at least 4 members (excludes halogenated alkanes) is 1. The zero-order valence-electron chi connectivity index (χ0n) is 25.8. The van der Waals surface area contributed by atoms with Crippen molar-refractivity contribution in [3.8, 4) is 5.75 Å². The van der Waals surface area contributed by atoms with Gasteiger partial charge in [0.25, 0.3) is 0 Å². The van der Waals surface area contributed by atoms with Crippen LogP contribution in [0, 0.1) is 0 Å². The van der Waals surface area contributed by atoms with Crippen molar-refractivity contribution < 1.29 is 33.3 Å². The van der Waals surface area contributed by atoms with Crippen molar-refractivity contribution in [2.45, 2.75) is 25.7 Å². The van der Waals surface area contributed by atoms with Crippen LogP contribution >= 0.6 is 23.2 Å². The number of aldehydes is 1. The normalized spacial score (nSPS) is 13.6. The number of carbonyl (C=O) groups is 2. The summed E-state index contributed by atoms with van der Waals surface area (Å²) in [6, 6.07) is 11.6. The van der Waals surface area contributed by atoms with Gasteiger partial charge in [-0.25, -0.2) is 4.79 Å². The fraction of sp³-hybridized carbons (Fsp3) is 0.562. The molecule has 1 fully saturated rings. The van der Waals surface area contributed by atoms with Gasteiger partial charge in [0.05, 0.1) is 48.8 Å². The van der Waals surface area contributed by atoms with Crippen LogP contribution < -0.4 is 14.5 Å². The van der Waals surface area contributed by atoms with Gasteiger partial charge in [0.15, 0.2) is 6.73 Å². The number of benzene rings is 2. The predicted octanol–water partition coefficient (Wildman–Crippen LogP) is 4.72. The third-order valence-corrected chi connectivity index (χ3v) is 8.03. The average Bonchev–Trinajstić information content (AvgIpc) is 3.04. The topological polar surface area (TPSA) is 90.0 Å². The Labute approximate surface area is 271 Å². The Morgan fingerprint density at radius 1 is 0.977 bits per heavy atom. The Kier molecular flexibility index (Phi) is 16.7. The van der Waals surface area contributed by atoms with Gasteiger partial charge in [0, 0.05) is 58.5 Å². The number of carbonyl (C=O) groups excluding carboxylic acids is 2. The highest BCUT2D eigenvalue weighted by atomic mass is 35.5. The summed E-state index contributed by atoms with van der Waals surface area (Å²) in [6.07, 6.45) is 3.84. The quantitative estimate of drug-likeness (QED) is 0.0816. The van der Waals surface area contributed by atoms with Gasteiger partial charge < -0.3 is 38.3 Å². The predicted molar refractivity (Wildman–Crippen MR) is 174 cm³/mol. The minimum atomic E-state index is -0.467. The Bertz CT molecular complexity index is 1150. The number of halogens is 2. The largest absolute Gasteiger partial charge is 0.494 e. The van der Waals surface area contributed by atoms with Crippen molar-refractivity contribution >= 4 is 46.8 Å². The molecule has 1 aliphatic heterocycles. The molecule has 1 saturated heterocycles. The van der Waals surface area contributed by atoms with Gasteiger partial charge in [-0.15, -0.1) is 0 Å². The lowest BCUT2D eigenvalue weighted by Crippen LogP contribution is -2.46. The van der Waals surface area contributed by atoms with E-state index >= 15 is 0 Å². The van der Waals surface area contributed by atoms with E-state index in [1.165, 1.54) is 0 Å². The molecule has 0 unspecified atom stereocenters. The maximum atomic E-state index is 12.1. The van der Waals surface area contributed by atoms with Gasteiger partial charge in [-0.3, -0.25) is 4.90 Å². The van der Waals surface area contributed by atoms with Gasteiger partial charge in [-0.05, 0) is 49.6 Å². The fourth-order valence-corrected chi connectivity index (χ4v) is 5.20. The van der Waals surface area contributed by atoms with Gasteiger partial charge in [0.2, 0.25) is 0 Å². The lowest BCUT2D eigenvalue weighted by molar-refractivity contribution is -0.149. The number of nitrogens with zero attached hydrogens (tertiary/aromatic N) is 3. The molecule has 244 valence electrons. The van der Waals surface area contributed by atoms with Crippen LogP contribution in [-0.2, 0) is 35.0 Å². The van der Waals surface area contributed by atoms with Crippen molar-refractivity contribution in [1.82, 2.24) is 4.90 Å². The van der Waals surface area contributed by atoms with Crippen LogP contribution in [0.5, 0.6) is 5.75 Å². The first kappa shape index (κ1) is 35.9. The van der Waals surface area contributed by atoms with E-state index in [-0.39, 0.29) is 13.3 Å². The van der Waals surface area contributed by atoms with E-state index in [0.29, 0.717) is 55.9 Å². The maximum absolute atomic E-state index is 12.1. The van der Waals surface area contributed by atoms with Crippen LogP contribution in [0.2, 0.25) is 10.0 Å². The lowest BCUT2D eigenvalue weighted by atomic mass is 10.1. The molecule has 0 bridgehead atoms. The van der Waals surface area contributed by atoms with Crippen molar-refractivity contribution in [2.24, 2.45) is 0 Å². The minimum Gasteiger partial charge on any atom is -0.494 e. The molecule has 0 aliphatic carbocycles. The van der Waals surface area contributed by atoms with Crippen LogP contribution in [0.1, 0.15) is 24.8 Å². The Morgan fingerprint density at radius 3 is 2.52 bits per heavy atom. The molecule has 0 atom stereocenters. The molecule has 1 heterocycles. The van der Waals surface area contributed by atoms with E-state index in [2.05, 4.69) is 9.80 Å².